The highest BCUT2D eigenvalue weighted by molar-refractivity contribution is 7.94. The lowest BCUT2D eigenvalue weighted by molar-refractivity contribution is -0.384. The third kappa shape index (κ3) is 4.84. The molecule has 1 atom stereocenters. The third-order valence-electron chi connectivity index (χ3n) is 4.26. The van der Waals surface area contributed by atoms with Gasteiger partial charge in [-0.2, -0.15) is 0 Å². The zero-order valence-corrected chi connectivity index (χ0v) is 16.9. The Morgan fingerprint density at radius 3 is 2.47 bits per heavy atom. The van der Waals surface area contributed by atoms with E-state index in [1.54, 1.807) is 30.3 Å². The van der Waals surface area contributed by atoms with E-state index in [1.807, 2.05) is 0 Å². The molecule has 2 aromatic rings. The number of ether oxygens (including phenoxy) is 1. The van der Waals surface area contributed by atoms with Gasteiger partial charge in [-0.1, -0.05) is 29.8 Å². The van der Waals surface area contributed by atoms with Crippen molar-refractivity contribution in [2.75, 3.05) is 17.3 Å². The van der Waals surface area contributed by atoms with Crippen LogP contribution in [0.4, 0.5) is 11.4 Å². The van der Waals surface area contributed by atoms with Gasteiger partial charge in [-0.25, -0.2) is 13.2 Å². The molecule has 1 aliphatic rings. The van der Waals surface area contributed by atoms with Crippen LogP contribution < -0.4 is 4.90 Å². The van der Waals surface area contributed by atoms with E-state index >= 15 is 0 Å². The van der Waals surface area contributed by atoms with E-state index in [2.05, 4.69) is 0 Å². The van der Waals surface area contributed by atoms with Gasteiger partial charge in [0.15, 0.2) is 16.4 Å². The number of amides is 1. The van der Waals surface area contributed by atoms with Gasteiger partial charge >= 0.3 is 5.97 Å². The molecule has 156 valence electrons. The summed E-state index contributed by atoms with van der Waals surface area (Å²) in [6.07, 6.45) is 1.40. The number of rotatable bonds is 6. The van der Waals surface area contributed by atoms with Gasteiger partial charge in [0.25, 0.3) is 11.6 Å². The molecule has 11 heteroatoms. The minimum atomic E-state index is -3.43. The second kappa shape index (κ2) is 8.64. The van der Waals surface area contributed by atoms with E-state index in [9.17, 15) is 28.1 Å². The Labute approximate surface area is 176 Å². The quantitative estimate of drug-likeness (QED) is 0.376. The fraction of sp³-hybridized carbons (Fsp3) is 0.158. The zero-order valence-electron chi connectivity index (χ0n) is 15.3. The van der Waals surface area contributed by atoms with Crippen LogP contribution in [0.15, 0.2) is 60.0 Å². The third-order valence-corrected chi connectivity index (χ3v) is 5.95. The summed E-state index contributed by atoms with van der Waals surface area (Å²) in [6.45, 7) is -0.675. The van der Waals surface area contributed by atoms with Crippen LogP contribution in [-0.2, 0) is 19.4 Å². The second-order valence-electron chi connectivity index (χ2n) is 6.32. The molecule has 1 unspecified atom stereocenters. The Hall–Kier alpha value is -3.24. The maximum absolute atomic E-state index is 12.8. The Morgan fingerprint density at radius 1 is 1.20 bits per heavy atom. The van der Waals surface area contributed by atoms with Gasteiger partial charge in [-0.15, -0.1) is 0 Å². The van der Waals surface area contributed by atoms with Crippen molar-refractivity contribution in [1.29, 1.82) is 0 Å². The summed E-state index contributed by atoms with van der Waals surface area (Å²) in [6, 6.07) is 10.9. The number of benzene rings is 2. The molecule has 30 heavy (non-hydrogen) atoms. The molecule has 3 rings (SSSR count). The van der Waals surface area contributed by atoms with Gasteiger partial charge in [0.05, 0.1) is 27.3 Å². The maximum atomic E-state index is 12.8. The van der Waals surface area contributed by atoms with Crippen molar-refractivity contribution in [1.82, 2.24) is 0 Å². The van der Waals surface area contributed by atoms with Crippen molar-refractivity contribution >= 4 is 44.7 Å². The van der Waals surface area contributed by atoms with Crippen LogP contribution in [0, 0.1) is 10.1 Å². The standard InChI is InChI=1S/C19H15ClN2O7S/c20-17-10-14(22(25)26)6-7-16(17)19(24)29-11-18(23)21(13-4-2-1-3-5-13)15-8-9-30(27,28)12-15/h1-10,15H,11-12H2. The highest BCUT2D eigenvalue weighted by Gasteiger charge is 2.32. The first kappa shape index (κ1) is 21.5. The van der Waals surface area contributed by atoms with Crippen LogP contribution in [0.5, 0.6) is 0 Å². The molecule has 0 bridgehead atoms. The molecule has 2 aromatic carbocycles. The monoisotopic (exact) mass is 450 g/mol. The Morgan fingerprint density at radius 2 is 1.90 bits per heavy atom. The summed E-state index contributed by atoms with van der Waals surface area (Å²) in [7, 11) is -3.43. The SMILES string of the molecule is O=C(OCC(=O)N(c1ccccc1)C1C=CS(=O)(=O)C1)c1ccc([N+](=O)[O-])cc1Cl. The van der Waals surface area contributed by atoms with Crippen LogP contribution in [0.3, 0.4) is 0 Å². The molecule has 1 heterocycles. The second-order valence-corrected chi connectivity index (χ2v) is 8.66. The van der Waals surface area contributed by atoms with Crippen LogP contribution >= 0.6 is 11.6 Å². The van der Waals surface area contributed by atoms with E-state index in [1.165, 1.54) is 11.0 Å². The number of sulfone groups is 1. The van der Waals surface area contributed by atoms with E-state index in [0.717, 1.165) is 23.6 Å². The predicted molar refractivity (Wildman–Crippen MR) is 109 cm³/mol. The van der Waals surface area contributed by atoms with Gasteiger partial charge < -0.3 is 9.64 Å². The lowest BCUT2D eigenvalue weighted by Gasteiger charge is -2.27. The summed E-state index contributed by atoms with van der Waals surface area (Å²) in [5, 5.41) is 11.6. The lowest BCUT2D eigenvalue weighted by Crippen LogP contribution is -2.43. The molecular weight excluding hydrogens is 436 g/mol. The number of hydrogen-bond donors (Lipinski definition) is 0. The Kier molecular flexibility index (Phi) is 6.18. The number of nitro benzene ring substituents is 1. The number of esters is 1. The summed E-state index contributed by atoms with van der Waals surface area (Å²) >= 11 is 5.90. The number of non-ortho nitro benzene ring substituents is 1. The number of hydrogen-bond acceptors (Lipinski definition) is 7. The molecular formula is C19H15ClN2O7S. The molecule has 0 spiro atoms. The number of carbonyl (C=O) groups is 2. The largest absolute Gasteiger partial charge is 0.452 e. The van der Waals surface area contributed by atoms with Crippen molar-refractivity contribution in [3.8, 4) is 0 Å². The van der Waals surface area contributed by atoms with Crippen molar-refractivity contribution in [3.05, 3.63) is 80.7 Å². The van der Waals surface area contributed by atoms with Gasteiger partial charge in [-0.3, -0.25) is 14.9 Å². The summed E-state index contributed by atoms with van der Waals surface area (Å²) < 4.78 is 28.6. The van der Waals surface area contributed by atoms with E-state index in [4.69, 9.17) is 16.3 Å². The number of para-hydroxylation sites is 1. The molecule has 0 radical (unpaired) electrons. The van der Waals surface area contributed by atoms with Crippen LogP contribution in [-0.4, -0.2) is 43.6 Å². The summed E-state index contributed by atoms with van der Waals surface area (Å²) in [5.74, 6) is -1.86. The number of anilines is 1. The highest BCUT2D eigenvalue weighted by atomic mass is 35.5. The topological polar surface area (TPSA) is 124 Å². The number of halogens is 1. The number of nitro groups is 1. The zero-order chi connectivity index (χ0) is 21.9. The van der Waals surface area contributed by atoms with Crippen molar-refractivity contribution in [2.24, 2.45) is 0 Å². The minimum Gasteiger partial charge on any atom is -0.452 e. The Bertz CT molecular complexity index is 1130. The molecule has 1 aliphatic heterocycles. The minimum absolute atomic E-state index is 0.135. The smallest absolute Gasteiger partial charge is 0.340 e. The van der Waals surface area contributed by atoms with Gasteiger partial charge in [0, 0.05) is 23.2 Å². The van der Waals surface area contributed by atoms with Crippen molar-refractivity contribution in [2.45, 2.75) is 6.04 Å². The molecule has 9 nitrogen and oxygen atoms in total. The van der Waals surface area contributed by atoms with Crippen LogP contribution in [0.2, 0.25) is 5.02 Å². The van der Waals surface area contributed by atoms with Gasteiger partial charge in [0.1, 0.15) is 0 Å². The van der Waals surface area contributed by atoms with E-state index in [-0.39, 0.29) is 22.0 Å². The average molecular weight is 451 g/mol. The number of carbonyl (C=O) groups excluding carboxylic acids is 2. The van der Waals surface area contributed by atoms with Crippen LogP contribution in [0.1, 0.15) is 10.4 Å². The number of nitrogens with zero attached hydrogens (tertiary/aromatic N) is 2. The van der Waals surface area contributed by atoms with E-state index < -0.39 is 39.3 Å². The fourth-order valence-corrected chi connectivity index (χ4v) is 4.41. The molecule has 0 aliphatic carbocycles. The molecule has 1 amide bonds. The fourth-order valence-electron chi connectivity index (χ4n) is 2.89. The first-order chi connectivity index (χ1) is 14.2. The first-order valence-corrected chi connectivity index (χ1v) is 10.7. The summed E-state index contributed by atoms with van der Waals surface area (Å²) in [5.41, 5.74) is 0.0143. The molecule has 0 saturated carbocycles. The maximum Gasteiger partial charge on any atom is 0.340 e. The molecule has 0 fully saturated rings. The summed E-state index contributed by atoms with van der Waals surface area (Å²) in [4.78, 5) is 36.4. The van der Waals surface area contributed by atoms with Crippen molar-refractivity contribution < 1.29 is 27.7 Å². The average Bonchev–Trinajstić information content (AvgIpc) is 3.06. The van der Waals surface area contributed by atoms with Gasteiger partial charge in [0.2, 0.25) is 0 Å². The highest BCUT2D eigenvalue weighted by Crippen LogP contribution is 2.25. The Balaban J connectivity index is 1.76. The lowest BCUT2D eigenvalue weighted by atomic mass is 10.2. The normalized spacial score (nSPS) is 16.8. The van der Waals surface area contributed by atoms with Crippen LogP contribution in [0.25, 0.3) is 0 Å². The molecule has 0 aromatic heterocycles. The molecule has 0 saturated heterocycles. The van der Waals surface area contributed by atoms with E-state index in [0.29, 0.717) is 5.69 Å². The first-order valence-electron chi connectivity index (χ1n) is 8.57. The predicted octanol–water partition coefficient (Wildman–Crippen LogP) is 2.75. The van der Waals surface area contributed by atoms with Crippen molar-refractivity contribution in [3.63, 3.8) is 0 Å². The molecule has 0 N–H and O–H groups in total. The van der Waals surface area contributed by atoms with Gasteiger partial charge in [-0.05, 0) is 24.3 Å².